The quantitative estimate of drug-likeness (QED) is 0.667. The summed E-state index contributed by atoms with van der Waals surface area (Å²) in [6, 6.07) is 11.6. The molecule has 0 aliphatic carbocycles. The number of aromatic nitrogens is 2. The standard InChI is InChI=1S/C21H17ClN4O4/c1-11-19(12-2-4-13(22)5-3-12)25-26-15(9-18(27)24-20(11)26)21(28)23-14-6-7-16-17(8-14)30-10-29-16/h2-8,15H,9-10H2,1H3,(H,23,28)(H,24,27)/t15-/m0/s1. The van der Waals surface area contributed by atoms with Gasteiger partial charge in [0.25, 0.3) is 0 Å². The highest BCUT2D eigenvalue weighted by Gasteiger charge is 2.34. The number of ether oxygens (including phenoxy) is 2. The number of carbonyl (C=O) groups is 2. The van der Waals surface area contributed by atoms with Crippen LogP contribution in [0.1, 0.15) is 18.0 Å². The number of nitrogens with one attached hydrogen (secondary N) is 2. The van der Waals surface area contributed by atoms with Gasteiger partial charge in [-0.15, -0.1) is 0 Å². The first-order chi connectivity index (χ1) is 14.5. The Morgan fingerprint density at radius 1 is 1.20 bits per heavy atom. The zero-order valence-corrected chi connectivity index (χ0v) is 16.7. The second-order valence-corrected chi connectivity index (χ2v) is 7.54. The van der Waals surface area contributed by atoms with E-state index < -0.39 is 6.04 Å². The Kier molecular flexibility index (Phi) is 4.36. The van der Waals surface area contributed by atoms with E-state index in [1.807, 2.05) is 19.1 Å². The molecular formula is C21H17ClN4O4. The molecular weight excluding hydrogens is 408 g/mol. The lowest BCUT2D eigenvalue weighted by atomic mass is 10.1. The summed E-state index contributed by atoms with van der Waals surface area (Å²) in [5.41, 5.74) is 2.87. The highest BCUT2D eigenvalue weighted by atomic mass is 35.5. The van der Waals surface area contributed by atoms with Crippen LogP contribution in [0.25, 0.3) is 11.3 Å². The molecule has 0 fully saturated rings. The summed E-state index contributed by atoms with van der Waals surface area (Å²) in [5, 5.41) is 10.9. The SMILES string of the molecule is Cc1c(-c2ccc(Cl)cc2)nn2c1NC(=O)C[C@H]2C(=O)Nc1ccc2c(c1)OCO2. The molecule has 9 heteroatoms. The van der Waals surface area contributed by atoms with E-state index in [0.717, 1.165) is 11.1 Å². The topological polar surface area (TPSA) is 94.5 Å². The molecule has 2 aromatic carbocycles. The zero-order valence-electron chi connectivity index (χ0n) is 15.9. The molecule has 152 valence electrons. The minimum absolute atomic E-state index is 0.00936. The van der Waals surface area contributed by atoms with Gasteiger partial charge in [-0.25, -0.2) is 4.68 Å². The third kappa shape index (κ3) is 3.15. The molecule has 1 atom stereocenters. The van der Waals surface area contributed by atoms with Crippen LogP contribution in [0.3, 0.4) is 0 Å². The van der Waals surface area contributed by atoms with Gasteiger partial charge in [-0.3, -0.25) is 9.59 Å². The van der Waals surface area contributed by atoms with Crippen molar-refractivity contribution in [3.63, 3.8) is 0 Å². The van der Waals surface area contributed by atoms with E-state index in [4.69, 9.17) is 21.1 Å². The Labute approximate surface area is 176 Å². The molecule has 0 spiro atoms. The third-order valence-corrected chi connectivity index (χ3v) is 5.39. The fourth-order valence-electron chi connectivity index (χ4n) is 3.62. The van der Waals surface area contributed by atoms with E-state index in [2.05, 4.69) is 15.7 Å². The molecule has 0 bridgehead atoms. The van der Waals surface area contributed by atoms with Crippen LogP contribution in [0.4, 0.5) is 11.5 Å². The fraction of sp³-hybridized carbons (Fsp3) is 0.190. The molecule has 0 saturated carbocycles. The molecule has 8 nitrogen and oxygen atoms in total. The van der Waals surface area contributed by atoms with Crippen molar-refractivity contribution in [2.24, 2.45) is 0 Å². The van der Waals surface area contributed by atoms with Crippen molar-refractivity contribution in [3.05, 3.63) is 53.1 Å². The average Bonchev–Trinajstić information content (AvgIpc) is 3.32. The van der Waals surface area contributed by atoms with Gasteiger partial charge in [0.15, 0.2) is 11.5 Å². The van der Waals surface area contributed by atoms with Gasteiger partial charge >= 0.3 is 0 Å². The monoisotopic (exact) mass is 424 g/mol. The van der Waals surface area contributed by atoms with Crippen molar-refractivity contribution < 1.29 is 19.1 Å². The maximum absolute atomic E-state index is 13.0. The van der Waals surface area contributed by atoms with Crippen LogP contribution in [0.5, 0.6) is 11.5 Å². The maximum atomic E-state index is 13.0. The number of rotatable bonds is 3. The van der Waals surface area contributed by atoms with Crippen molar-refractivity contribution in [2.75, 3.05) is 17.4 Å². The first kappa shape index (κ1) is 18.5. The van der Waals surface area contributed by atoms with E-state index in [1.54, 1.807) is 35.0 Å². The summed E-state index contributed by atoms with van der Waals surface area (Å²) >= 11 is 5.98. The third-order valence-electron chi connectivity index (χ3n) is 5.14. The lowest BCUT2D eigenvalue weighted by molar-refractivity contribution is -0.125. The molecule has 5 rings (SSSR count). The summed E-state index contributed by atoms with van der Waals surface area (Å²) in [5.74, 6) is 1.13. The van der Waals surface area contributed by atoms with Crippen molar-refractivity contribution in [1.82, 2.24) is 9.78 Å². The molecule has 1 aromatic heterocycles. The Bertz CT molecular complexity index is 1170. The first-order valence-corrected chi connectivity index (χ1v) is 9.73. The maximum Gasteiger partial charge on any atom is 0.249 e. The fourth-order valence-corrected chi connectivity index (χ4v) is 3.75. The second kappa shape index (κ2) is 7.07. The number of fused-ring (bicyclic) bond motifs is 2. The van der Waals surface area contributed by atoms with Crippen LogP contribution < -0.4 is 20.1 Å². The van der Waals surface area contributed by atoms with Gasteiger partial charge in [-0.1, -0.05) is 23.7 Å². The van der Waals surface area contributed by atoms with Gasteiger partial charge in [-0.2, -0.15) is 5.10 Å². The summed E-state index contributed by atoms with van der Waals surface area (Å²) in [7, 11) is 0. The summed E-state index contributed by atoms with van der Waals surface area (Å²) in [4.78, 5) is 25.3. The molecule has 3 aromatic rings. The number of carbonyl (C=O) groups excluding carboxylic acids is 2. The first-order valence-electron chi connectivity index (χ1n) is 9.35. The van der Waals surface area contributed by atoms with Crippen molar-refractivity contribution in [2.45, 2.75) is 19.4 Å². The molecule has 30 heavy (non-hydrogen) atoms. The number of halogens is 1. The molecule has 3 heterocycles. The second-order valence-electron chi connectivity index (χ2n) is 7.10. The molecule has 0 unspecified atom stereocenters. The van der Waals surface area contributed by atoms with Gasteiger partial charge in [-0.05, 0) is 31.2 Å². The summed E-state index contributed by atoms with van der Waals surface area (Å²) in [6.45, 7) is 2.01. The largest absolute Gasteiger partial charge is 0.454 e. The van der Waals surface area contributed by atoms with Gasteiger partial charge in [0.2, 0.25) is 18.6 Å². The Morgan fingerprint density at radius 2 is 1.97 bits per heavy atom. The van der Waals surface area contributed by atoms with Crippen molar-refractivity contribution in [3.8, 4) is 22.8 Å². The number of hydrogen-bond donors (Lipinski definition) is 2. The normalized spacial score (nSPS) is 16.7. The van der Waals surface area contributed by atoms with Crippen LogP contribution >= 0.6 is 11.6 Å². The van der Waals surface area contributed by atoms with E-state index in [1.165, 1.54) is 0 Å². The van der Waals surface area contributed by atoms with Crippen LogP contribution in [-0.4, -0.2) is 28.4 Å². The highest BCUT2D eigenvalue weighted by molar-refractivity contribution is 6.30. The number of nitrogens with zero attached hydrogens (tertiary/aromatic N) is 2. The van der Waals surface area contributed by atoms with E-state index in [-0.39, 0.29) is 25.0 Å². The van der Waals surface area contributed by atoms with Gasteiger partial charge in [0, 0.05) is 27.9 Å². The minimum Gasteiger partial charge on any atom is -0.454 e. The number of hydrogen-bond acceptors (Lipinski definition) is 5. The number of benzene rings is 2. The summed E-state index contributed by atoms with van der Waals surface area (Å²) in [6.07, 6.45) is -0.00936. The Morgan fingerprint density at radius 3 is 2.77 bits per heavy atom. The van der Waals surface area contributed by atoms with Crippen molar-refractivity contribution in [1.29, 1.82) is 0 Å². The molecule has 2 aliphatic heterocycles. The number of amides is 2. The van der Waals surface area contributed by atoms with Crippen LogP contribution in [0.15, 0.2) is 42.5 Å². The van der Waals surface area contributed by atoms with E-state index in [9.17, 15) is 9.59 Å². The van der Waals surface area contributed by atoms with Crippen LogP contribution in [0.2, 0.25) is 5.02 Å². The van der Waals surface area contributed by atoms with Crippen molar-refractivity contribution >= 4 is 34.9 Å². The number of anilines is 2. The molecule has 0 radical (unpaired) electrons. The summed E-state index contributed by atoms with van der Waals surface area (Å²) < 4.78 is 12.2. The van der Waals surface area contributed by atoms with E-state index in [0.29, 0.717) is 33.7 Å². The van der Waals surface area contributed by atoms with Gasteiger partial charge in [0.05, 0.1) is 12.1 Å². The van der Waals surface area contributed by atoms with Gasteiger partial charge in [0.1, 0.15) is 11.9 Å². The van der Waals surface area contributed by atoms with E-state index >= 15 is 0 Å². The van der Waals surface area contributed by atoms with Gasteiger partial charge < -0.3 is 20.1 Å². The molecule has 2 amide bonds. The molecule has 0 saturated heterocycles. The zero-order chi connectivity index (χ0) is 20.8. The van der Waals surface area contributed by atoms with Crippen LogP contribution in [-0.2, 0) is 9.59 Å². The smallest absolute Gasteiger partial charge is 0.249 e. The van der Waals surface area contributed by atoms with Crippen LogP contribution in [0, 0.1) is 6.92 Å². The predicted molar refractivity (Wildman–Crippen MR) is 111 cm³/mol. The molecule has 2 aliphatic rings. The Balaban J connectivity index is 1.47. The lowest BCUT2D eigenvalue weighted by Gasteiger charge is -2.24. The predicted octanol–water partition coefficient (Wildman–Crippen LogP) is 3.76. The minimum atomic E-state index is -0.779. The Hall–Kier alpha value is -3.52. The highest BCUT2D eigenvalue weighted by Crippen LogP contribution is 2.36. The molecule has 2 N–H and O–H groups in total. The lowest BCUT2D eigenvalue weighted by Crippen LogP contribution is -2.35. The average molecular weight is 425 g/mol.